The Labute approximate surface area is 353 Å². The van der Waals surface area contributed by atoms with Gasteiger partial charge in [-0.2, -0.15) is 12.8 Å². The average Bonchev–Trinajstić information content (AvgIpc) is 3.48. The second-order valence-electron chi connectivity index (χ2n) is 15.8. The van der Waals surface area contributed by atoms with Crippen LogP contribution in [0, 0.1) is 13.8 Å². The van der Waals surface area contributed by atoms with Crippen molar-refractivity contribution in [3.8, 4) is 0 Å². The zero-order chi connectivity index (χ0) is 40.0. The van der Waals surface area contributed by atoms with Crippen molar-refractivity contribution in [2.45, 2.75) is 222 Å². The summed E-state index contributed by atoms with van der Waals surface area (Å²) in [5, 5.41) is 0. The van der Waals surface area contributed by atoms with E-state index in [0.717, 1.165) is 75.6 Å². The number of hydrogen-bond acceptors (Lipinski definition) is 0. The molecule has 314 valence electrons. The van der Waals surface area contributed by atoms with Crippen LogP contribution in [0.1, 0.15) is 230 Å². The first-order valence-electron chi connectivity index (χ1n) is 23.1. The van der Waals surface area contributed by atoms with Crippen molar-refractivity contribution >= 4 is 11.4 Å². The zero-order valence-electron chi connectivity index (χ0n) is 37.5. The van der Waals surface area contributed by atoms with Crippen LogP contribution in [-0.4, -0.2) is 4.70 Å². The van der Waals surface area contributed by atoms with Crippen LogP contribution in [0.5, 0.6) is 0 Å². The summed E-state index contributed by atoms with van der Waals surface area (Å²) in [6.45, 7) is 25.2. The fraction of sp³-hybridized carbons (Fsp3) is 0.654. The first kappa shape index (κ1) is 53.0. The van der Waals surface area contributed by atoms with Gasteiger partial charge < -0.3 is 19.4 Å². The third-order valence-corrected chi connectivity index (χ3v) is 10.6. The van der Waals surface area contributed by atoms with Crippen molar-refractivity contribution in [3.63, 3.8) is 0 Å². The van der Waals surface area contributed by atoms with Gasteiger partial charge in [-0.3, -0.25) is 0 Å². The molecule has 0 radical (unpaired) electrons. The molecule has 0 unspecified atom stereocenters. The molecule has 0 fully saturated rings. The molecule has 1 aliphatic heterocycles. The molecule has 0 aliphatic carbocycles. The smallest absolute Gasteiger partial charge is 0.493 e. The zero-order valence-corrected chi connectivity index (χ0v) is 38.5. The molecular weight excluding hydrogens is 711 g/mol. The third-order valence-electron chi connectivity index (χ3n) is 10.6. The normalized spacial score (nSPS) is 12.4. The summed E-state index contributed by atoms with van der Waals surface area (Å²) in [4.78, 5) is 0. The average molecular weight is 798 g/mol. The molecule has 0 saturated heterocycles. The van der Waals surface area contributed by atoms with E-state index in [1.165, 1.54) is 147 Å². The van der Waals surface area contributed by atoms with Crippen LogP contribution in [0.25, 0.3) is 16.9 Å². The van der Waals surface area contributed by atoms with E-state index in [-0.39, 0.29) is 16.5 Å². The number of benzene rings is 2. The molecule has 0 bridgehead atoms. The largest absolute Gasteiger partial charge is 2.00 e. The van der Waals surface area contributed by atoms with Gasteiger partial charge in [0, 0.05) is 22.3 Å². The van der Waals surface area contributed by atoms with Gasteiger partial charge in [0.05, 0.1) is 0 Å². The van der Waals surface area contributed by atoms with Crippen LogP contribution in [0.4, 0.5) is 0 Å². The Balaban J connectivity index is 0.00000294. The van der Waals surface area contributed by atoms with E-state index in [2.05, 4.69) is 106 Å². The molecule has 2 aromatic rings. The fourth-order valence-electron chi connectivity index (χ4n) is 7.12. The van der Waals surface area contributed by atoms with Crippen molar-refractivity contribution in [3.05, 3.63) is 100 Å². The van der Waals surface area contributed by atoms with Gasteiger partial charge in [-0.25, -0.2) is 4.70 Å². The number of allylic oxidation sites excluding steroid dienone is 2. The first-order valence-corrected chi connectivity index (χ1v) is 23.1. The van der Waals surface area contributed by atoms with E-state index in [1.807, 2.05) is 0 Å². The van der Waals surface area contributed by atoms with Gasteiger partial charge in [0.25, 0.3) is 0 Å². The Hall–Kier alpha value is -1.99. The maximum atomic E-state index is 12.5. The van der Waals surface area contributed by atoms with Crippen LogP contribution in [0.15, 0.2) is 47.5 Å². The number of aryl methyl sites for hydroxylation is 4. The molecule has 2 nitrogen and oxygen atoms in total. The van der Waals surface area contributed by atoms with Crippen molar-refractivity contribution in [2.24, 2.45) is 0 Å². The molecular formula is C52H86N2Ni. The van der Waals surface area contributed by atoms with Gasteiger partial charge in [0.1, 0.15) is 0 Å². The minimum Gasteiger partial charge on any atom is -0.493 e. The van der Waals surface area contributed by atoms with Crippen molar-refractivity contribution < 1.29 is 21.2 Å². The van der Waals surface area contributed by atoms with E-state index < -0.39 is 0 Å². The summed E-state index contributed by atoms with van der Waals surface area (Å²) in [7, 11) is 0. The predicted molar refractivity (Wildman–Crippen MR) is 243 cm³/mol. The molecule has 0 atom stereocenters. The minimum atomic E-state index is 0. The molecule has 0 amide bonds. The number of hydrogen-bond donors (Lipinski definition) is 0. The number of nitrogens with zero attached hydrogens (tertiary/aromatic N) is 2. The summed E-state index contributed by atoms with van der Waals surface area (Å²) in [6, 6.07) is 14.5. The Bertz CT molecular complexity index is 1290. The Morgan fingerprint density at radius 3 is 0.964 bits per heavy atom. The topological polar surface area (TPSA) is 25.3 Å². The van der Waals surface area contributed by atoms with Crippen molar-refractivity contribution in [1.29, 1.82) is 0 Å². The Kier molecular flexibility index (Phi) is 32.9. The molecule has 1 aliphatic rings. The summed E-state index contributed by atoms with van der Waals surface area (Å²) < 4.78 is 1.66. The van der Waals surface area contributed by atoms with Gasteiger partial charge >= 0.3 is 16.5 Å². The molecule has 0 aromatic heterocycles. The quantitative estimate of drug-likeness (QED) is 0.0392. The molecule has 1 heterocycles. The van der Waals surface area contributed by atoms with E-state index >= 15 is 0 Å². The van der Waals surface area contributed by atoms with Crippen LogP contribution in [0.3, 0.4) is 0 Å². The maximum Gasteiger partial charge on any atom is 2.00 e. The predicted octanol–water partition coefficient (Wildman–Crippen LogP) is 17.4. The Morgan fingerprint density at radius 2 is 0.655 bits per heavy atom. The summed E-state index contributed by atoms with van der Waals surface area (Å²) >= 11 is 0. The van der Waals surface area contributed by atoms with Crippen molar-refractivity contribution in [1.82, 2.24) is 0 Å². The molecule has 0 spiro atoms. The second kappa shape index (κ2) is 34.1. The third kappa shape index (κ3) is 20.3. The maximum absolute atomic E-state index is 12.5. The van der Waals surface area contributed by atoms with Gasteiger partial charge in [-0.05, 0) is 124 Å². The minimum absolute atomic E-state index is 0. The van der Waals surface area contributed by atoms with Crippen LogP contribution in [0.2, 0.25) is 0 Å². The van der Waals surface area contributed by atoms with Gasteiger partial charge in [-0.15, -0.1) is 0 Å². The van der Waals surface area contributed by atoms with Crippen LogP contribution >= 0.6 is 0 Å². The molecule has 0 saturated carbocycles. The molecule has 3 heteroatoms. The fourth-order valence-corrected chi connectivity index (χ4v) is 7.12. The van der Waals surface area contributed by atoms with Crippen LogP contribution < -0.4 is 0 Å². The standard InChI is InChI=1S/C44H68N2.2C4H9.Ni/c1-7-13-19-20-21-22-28-42-41(27-18-12-6)43(39-31-35(23-14-8-2)29-36(32-39)24-15-9-3)46(45)44(42)40-33-37(25-16-10-4)30-38(34-40)26-17-11-5;2*1-3-4-2;/h29-34H,7-28H2,1-6H3;2*1,3-4H2,2H3;/q;2*-1;+2. The molecule has 2 aromatic carbocycles. The first-order chi connectivity index (χ1) is 26.3. The molecule has 55 heavy (non-hydrogen) atoms. The molecule has 0 N–H and O–H groups in total. The number of rotatable bonds is 26. The van der Waals surface area contributed by atoms with E-state index in [0.29, 0.717) is 0 Å². The van der Waals surface area contributed by atoms with Crippen molar-refractivity contribution in [2.75, 3.05) is 0 Å². The van der Waals surface area contributed by atoms with Gasteiger partial charge in [-0.1, -0.05) is 145 Å². The van der Waals surface area contributed by atoms with Gasteiger partial charge in [0.15, 0.2) is 0 Å². The Morgan fingerprint density at radius 1 is 0.382 bits per heavy atom. The SMILES string of the molecule is CCCCCCCCC1=C(c2cc(CCCC)cc(CCCC)c2)[N+](=[N-])C(c2cc(CCCC)cc(CCCC)c2)=C1CCCC.[CH2-]CCC.[CH2-]CCC.[Ni+2]. The summed E-state index contributed by atoms with van der Waals surface area (Å²) in [5.41, 5.74) is 25.5. The van der Waals surface area contributed by atoms with Crippen LogP contribution in [-0.2, 0) is 42.2 Å². The second-order valence-corrected chi connectivity index (χ2v) is 15.8. The molecule has 3 rings (SSSR count). The summed E-state index contributed by atoms with van der Waals surface area (Å²) in [6.07, 6.45) is 30.7. The summed E-state index contributed by atoms with van der Waals surface area (Å²) in [5.74, 6) is 0. The van der Waals surface area contributed by atoms with E-state index in [9.17, 15) is 5.53 Å². The van der Waals surface area contributed by atoms with E-state index in [1.54, 1.807) is 4.70 Å². The van der Waals surface area contributed by atoms with E-state index in [4.69, 9.17) is 0 Å². The monoisotopic (exact) mass is 797 g/mol. The van der Waals surface area contributed by atoms with Gasteiger partial charge in [0.2, 0.25) is 11.4 Å². The number of unbranched alkanes of at least 4 members (excludes halogenated alkanes) is 12.